The van der Waals surface area contributed by atoms with Crippen LogP contribution in [0.4, 0.5) is 0 Å². The Balaban J connectivity index is 2.28. The third kappa shape index (κ3) is 2.28. The highest BCUT2D eigenvalue weighted by Gasteiger charge is 2.17. The lowest BCUT2D eigenvalue weighted by molar-refractivity contribution is 0.801. The van der Waals surface area contributed by atoms with Crippen LogP contribution in [0.1, 0.15) is 16.8 Å². The predicted octanol–water partition coefficient (Wildman–Crippen LogP) is 2.82. The lowest BCUT2D eigenvalue weighted by Gasteiger charge is -2.10. The van der Waals surface area contributed by atoms with Gasteiger partial charge in [-0.05, 0) is 43.2 Å². The van der Waals surface area contributed by atoms with Crippen molar-refractivity contribution in [2.75, 3.05) is 0 Å². The molecule has 0 saturated carbocycles. The quantitative estimate of drug-likeness (QED) is 0.721. The van der Waals surface area contributed by atoms with Crippen LogP contribution in [0.3, 0.4) is 0 Å². The zero-order valence-corrected chi connectivity index (χ0v) is 11.8. The van der Waals surface area contributed by atoms with E-state index in [9.17, 15) is 5.26 Å². The van der Waals surface area contributed by atoms with Gasteiger partial charge in [0.05, 0.1) is 5.69 Å². The van der Waals surface area contributed by atoms with Crippen molar-refractivity contribution in [1.82, 2.24) is 20.0 Å². The van der Waals surface area contributed by atoms with Gasteiger partial charge in [0.2, 0.25) is 0 Å². The van der Waals surface area contributed by atoms with Gasteiger partial charge >= 0.3 is 0 Å². The highest BCUT2D eigenvalue weighted by molar-refractivity contribution is 5.67. The number of nitrogens with zero attached hydrogens (tertiary/aromatic N) is 5. The maximum absolute atomic E-state index is 9.28. The van der Waals surface area contributed by atoms with Crippen LogP contribution >= 0.6 is 0 Å². The van der Waals surface area contributed by atoms with Crippen molar-refractivity contribution in [2.24, 2.45) is 0 Å². The average molecular weight is 275 g/mol. The first-order chi connectivity index (χ1) is 10.2. The summed E-state index contributed by atoms with van der Waals surface area (Å²) in [5, 5.41) is 17.4. The minimum absolute atomic E-state index is 0.308. The summed E-state index contributed by atoms with van der Waals surface area (Å²) in [7, 11) is 0. The van der Waals surface area contributed by atoms with Crippen molar-refractivity contribution in [3.63, 3.8) is 0 Å². The molecule has 0 unspecified atom stereocenters. The van der Waals surface area contributed by atoms with Crippen LogP contribution < -0.4 is 0 Å². The monoisotopic (exact) mass is 275 g/mol. The molecule has 0 radical (unpaired) electrons. The summed E-state index contributed by atoms with van der Waals surface area (Å²) in [6, 6.07) is 11.9. The third-order valence-electron chi connectivity index (χ3n) is 3.32. The van der Waals surface area contributed by atoms with Crippen LogP contribution in [0.15, 0.2) is 42.7 Å². The molecule has 102 valence electrons. The Morgan fingerprint density at radius 3 is 2.57 bits per heavy atom. The van der Waals surface area contributed by atoms with Gasteiger partial charge in [0, 0.05) is 18.0 Å². The normalized spacial score (nSPS) is 10.3. The number of hydrogen-bond acceptors (Lipinski definition) is 4. The number of aromatic nitrogens is 4. The number of rotatable bonds is 2. The minimum Gasteiger partial charge on any atom is -0.265 e. The summed E-state index contributed by atoms with van der Waals surface area (Å²) in [6.07, 6.45) is 3.38. The molecule has 1 aromatic carbocycles. The van der Waals surface area contributed by atoms with Gasteiger partial charge in [0.25, 0.3) is 0 Å². The maximum atomic E-state index is 9.28. The van der Waals surface area contributed by atoms with E-state index in [0.29, 0.717) is 11.4 Å². The predicted molar refractivity (Wildman–Crippen MR) is 78.8 cm³/mol. The van der Waals surface area contributed by atoms with Crippen LogP contribution in [0.5, 0.6) is 0 Å². The molecule has 0 spiro atoms. The summed E-state index contributed by atoms with van der Waals surface area (Å²) in [6.45, 7) is 4.04. The number of benzene rings is 1. The van der Waals surface area contributed by atoms with Gasteiger partial charge in [0.1, 0.15) is 11.8 Å². The van der Waals surface area contributed by atoms with E-state index in [2.05, 4.69) is 21.4 Å². The fourth-order valence-electron chi connectivity index (χ4n) is 2.24. The van der Waals surface area contributed by atoms with Crippen LogP contribution in [0.2, 0.25) is 0 Å². The van der Waals surface area contributed by atoms with E-state index in [-0.39, 0.29) is 0 Å². The highest BCUT2D eigenvalue weighted by Crippen LogP contribution is 2.26. The second-order valence-corrected chi connectivity index (χ2v) is 4.84. The van der Waals surface area contributed by atoms with Gasteiger partial charge in [-0.1, -0.05) is 17.3 Å². The molecule has 2 heterocycles. The molecule has 0 atom stereocenters. The molecule has 0 saturated heterocycles. The zero-order valence-electron chi connectivity index (χ0n) is 11.8. The van der Waals surface area contributed by atoms with Crippen molar-refractivity contribution in [2.45, 2.75) is 13.8 Å². The van der Waals surface area contributed by atoms with E-state index in [1.54, 1.807) is 17.1 Å². The van der Waals surface area contributed by atoms with Gasteiger partial charge in [-0.15, -0.1) is 5.10 Å². The molecule has 3 rings (SSSR count). The van der Waals surface area contributed by atoms with Crippen molar-refractivity contribution in [3.05, 3.63) is 59.5 Å². The summed E-state index contributed by atoms with van der Waals surface area (Å²) >= 11 is 0. The molecule has 0 amide bonds. The molecule has 0 bridgehead atoms. The molecule has 21 heavy (non-hydrogen) atoms. The Hall–Kier alpha value is -3.00. The third-order valence-corrected chi connectivity index (χ3v) is 3.32. The largest absolute Gasteiger partial charge is 0.265 e. The summed E-state index contributed by atoms with van der Waals surface area (Å²) < 4.78 is 1.72. The topological polar surface area (TPSA) is 67.4 Å². The maximum Gasteiger partial charge on any atom is 0.191 e. The number of nitriles is 1. The highest BCUT2D eigenvalue weighted by atomic mass is 15.4. The van der Waals surface area contributed by atoms with Gasteiger partial charge in [-0.3, -0.25) is 4.98 Å². The zero-order chi connectivity index (χ0) is 14.8. The summed E-state index contributed by atoms with van der Waals surface area (Å²) in [4.78, 5) is 4.01. The van der Waals surface area contributed by atoms with Crippen molar-refractivity contribution in [1.29, 1.82) is 5.26 Å². The summed E-state index contributed by atoms with van der Waals surface area (Å²) in [5.74, 6) is 0. The summed E-state index contributed by atoms with van der Waals surface area (Å²) in [5.41, 5.74) is 4.99. The number of pyridine rings is 1. The average Bonchev–Trinajstić information content (AvgIpc) is 2.94. The van der Waals surface area contributed by atoms with Gasteiger partial charge in [-0.25, -0.2) is 4.68 Å². The molecule has 5 heteroatoms. The van der Waals surface area contributed by atoms with E-state index in [1.807, 2.05) is 44.2 Å². The fraction of sp³-hybridized carbons (Fsp3) is 0.125. The molecule has 3 aromatic rings. The second kappa shape index (κ2) is 5.17. The van der Waals surface area contributed by atoms with Crippen molar-refractivity contribution >= 4 is 0 Å². The first-order valence-corrected chi connectivity index (χ1v) is 6.54. The lowest BCUT2D eigenvalue weighted by Crippen LogP contribution is -2.02. The van der Waals surface area contributed by atoms with E-state index >= 15 is 0 Å². The molecule has 0 aliphatic heterocycles. The molecule has 0 aliphatic carbocycles. The Labute approximate surface area is 122 Å². The molecular weight excluding hydrogens is 262 g/mol. The lowest BCUT2D eigenvalue weighted by atomic mass is 10.1. The van der Waals surface area contributed by atoms with Crippen molar-refractivity contribution in [3.8, 4) is 23.0 Å². The van der Waals surface area contributed by atoms with Gasteiger partial charge < -0.3 is 0 Å². The van der Waals surface area contributed by atoms with Crippen LogP contribution in [-0.2, 0) is 0 Å². The van der Waals surface area contributed by atoms with E-state index < -0.39 is 0 Å². The Kier molecular flexibility index (Phi) is 3.20. The van der Waals surface area contributed by atoms with E-state index in [4.69, 9.17) is 0 Å². The second-order valence-electron chi connectivity index (χ2n) is 4.84. The standard InChI is InChI=1S/C16H13N5/c1-11-3-4-12(2)15(9-11)21-16(14(10-17)19-20-21)13-5-7-18-8-6-13/h3-9H,1-2H3. The molecule has 0 fully saturated rings. The minimum atomic E-state index is 0.308. The fourth-order valence-corrected chi connectivity index (χ4v) is 2.24. The van der Waals surface area contributed by atoms with Crippen LogP contribution in [0, 0.1) is 25.2 Å². The Morgan fingerprint density at radius 2 is 1.86 bits per heavy atom. The van der Waals surface area contributed by atoms with E-state index in [0.717, 1.165) is 22.4 Å². The molecule has 5 nitrogen and oxygen atoms in total. The molecule has 2 aromatic heterocycles. The molecule has 0 aliphatic rings. The SMILES string of the molecule is Cc1ccc(C)c(-n2nnc(C#N)c2-c2ccncc2)c1. The van der Waals surface area contributed by atoms with Crippen molar-refractivity contribution < 1.29 is 0 Å². The van der Waals surface area contributed by atoms with Crippen LogP contribution in [-0.4, -0.2) is 20.0 Å². The molecule has 0 N–H and O–H groups in total. The Bertz CT molecular complexity index is 828. The smallest absolute Gasteiger partial charge is 0.191 e. The van der Waals surface area contributed by atoms with Gasteiger partial charge in [0.15, 0.2) is 5.69 Å². The first kappa shape index (κ1) is 13.0. The molecular formula is C16H13N5. The first-order valence-electron chi connectivity index (χ1n) is 6.54. The number of aryl methyl sites for hydroxylation is 2. The Morgan fingerprint density at radius 1 is 1.10 bits per heavy atom. The van der Waals surface area contributed by atoms with Crippen LogP contribution in [0.25, 0.3) is 16.9 Å². The van der Waals surface area contributed by atoms with E-state index in [1.165, 1.54) is 0 Å². The van der Waals surface area contributed by atoms with Gasteiger partial charge in [-0.2, -0.15) is 5.26 Å². The number of hydrogen-bond donors (Lipinski definition) is 0.